The van der Waals surface area contributed by atoms with Gasteiger partial charge in [-0.3, -0.25) is 0 Å². The van der Waals surface area contributed by atoms with Crippen molar-refractivity contribution in [3.8, 4) is 0 Å². The van der Waals surface area contributed by atoms with E-state index in [0.717, 1.165) is 0 Å². The lowest BCUT2D eigenvalue weighted by Gasteiger charge is -2.34. The summed E-state index contributed by atoms with van der Waals surface area (Å²) in [6.07, 6.45) is 1.07. The van der Waals surface area contributed by atoms with Crippen molar-refractivity contribution in [2.45, 2.75) is 31.0 Å². The molecule has 2 heterocycles. The topological polar surface area (TPSA) is 85.5 Å². The maximum atomic E-state index is 12.4. The SMILES string of the molecule is C[C@@H]1CN(S(=O)(=O)c2ccc(N)nc2)C[C@H](C)O1. The summed E-state index contributed by atoms with van der Waals surface area (Å²) in [5, 5.41) is 0. The Hall–Kier alpha value is -1.18. The van der Waals surface area contributed by atoms with Gasteiger partial charge < -0.3 is 10.5 Å². The van der Waals surface area contributed by atoms with Crippen LogP contribution in [0.2, 0.25) is 0 Å². The monoisotopic (exact) mass is 271 g/mol. The summed E-state index contributed by atoms with van der Waals surface area (Å²) in [4.78, 5) is 3.98. The van der Waals surface area contributed by atoms with Gasteiger partial charge in [-0.05, 0) is 26.0 Å². The van der Waals surface area contributed by atoms with Gasteiger partial charge in [0.05, 0.1) is 12.2 Å². The maximum Gasteiger partial charge on any atom is 0.244 e. The molecule has 18 heavy (non-hydrogen) atoms. The zero-order valence-electron chi connectivity index (χ0n) is 10.4. The Kier molecular flexibility index (Phi) is 3.56. The van der Waals surface area contributed by atoms with E-state index in [4.69, 9.17) is 10.5 Å². The number of hydrogen-bond acceptors (Lipinski definition) is 5. The van der Waals surface area contributed by atoms with E-state index in [0.29, 0.717) is 18.9 Å². The molecule has 0 unspecified atom stereocenters. The lowest BCUT2D eigenvalue weighted by atomic mass is 10.3. The molecule has 7 heteroatoms. The van der Waals surface area contributed by atoms with E-state index in [-0.39, 0.29) is 17.1 Å². The van der Waals surface area contributed by atoms with Crippen LogP contribution >= 0.6 is 0 Å². The summed E-state index contributed by atoms with van der Waals surface area (Å²) in [6, 6.07) is 2.96. The van der Waals surface area contributed by atoms with Gasteiger partial charge in [-0.25, -0.2) is 13.4 Å². The summed E-state index contributed by atoms with van der Waals surface area (Å²) in [6.45, 7) is 4.44. The predicted octanol–water partition coefficient (Wildman–Crippen LogP) is 0.462. The number of sulfonamides is 1. The molecule has 1 aromatic rings. The molecule has 6 nitrogen and oxygen atoms in total. The zero-order valence-corrected chi connectivity index (χ0v) is 11.2. The van der Waals surface area contributed by atoms with Gasteiger partial charge in [0.15, 0.2) is 0 Å². The summed E-state index contributed by atoms with van der Waals surface area (Å²) >= 11 is 0. The van der Waals surface area contributed by atoms with Crippen LogP contribution in [-0.4, -0.2) is 43.0 Å². The molecule has 0 saturated carbocycles. The number of nitrogen functional groups attached to an aromatic ring is 1. The van der Waals surface area contributed by atoms with Crippen LogP contribution in [0, 0.1) is 0 Å². The van der Waals surface area contributed by atoms with Gasteiger partial charge in [0.25, 0.3) is 0 Å². The van der Waals surface area contributed by atoms with Crippen LogP contribution in [0.25, 0.3) is 0 Å². The quantitative estimate of drug-likeness (QED) is 0.844. The Bertz CT molecular complexity index is 505. The van der Waals surface area contributed by atoms with Gasteiger partial charge in [0.2, 0.25) is 10.0 Å². The molecule has 0 spiro atoms. The van der Waals surface area contributed by atoms with Crippen LogP contribution in [-0.2, 0) is 14.8 Å². The number of morpholine rings is 1. The molecule has 0 amide bonds. The standard InChI is InChI=1S/C11H17N3O3S/c1-8-6-14(7-9(2)17-8)18(15,16)10-3-4-11(12)13-5-10/h3-5,8-9H,6-7H2,1-2H3,(H2,12,13)/t8-,9+. The molecule has 2 rings (SSSR count). The second-order valence-corrected chi connectivity index (χ2v) is 6.44. The largest absolute Gasteiger partial charge is 0.384 e. The van der Waals surface area contributed by atoms with E-state index in [1.54, 1.807) is 0 Å². The molecule has 2 N–H and O–H groups in total. The number of aromatic nitrogens is 1. The van der Waals surface area contributed by atoms with Crippen LogP contribution in [0.15, 0.2) is 23.2 Å². The minimum atomic E-state index is -3.51. The second kappa shape index (κ2) is 4.83. The summed E-state index contributed by atoms with van der Waals surface area (Å²) in [5.41, 5.74) is 5.45. The summed E-state index contributed by atoms with van der Waals surface area (Å²) in [5.74, 6) is 0.303. The van der Waals surface area contributed by atoms with Crippen molar-refractivity contribution in [2.24, 2.45) is 0 Å². The van der Waals surface area contributed by atoms with Gasteiger partial charge in [-0.2, -0.15) is 4.31 Å². The van der Waals surface area contributed by atoms with Crippen LogP contribution in [0.5, 0.6) is 0 Å². The Balaban J connectivity index is 2.28. The highest BCUT2D eigenvalue weighted by Crippen LogP contribution is 2.20. The number of nitrogens with two attached hydrogens (primary N) is 1. The minimum Gasteiger partial charge on any atom is -0.384 e. The minimum absolute atomic E-state index is 0.106. The molecule has 0 radical (unpaired) electrons. The van der Waals surface area contributed by atoms with E-state index < -0.39 is 10.0 Å². The molecule has 1 fully saturated rings. The molecular weight excluding hydrogens is 254 g/mol. The third-order valence-electron chi connectivity index (χ3n) is 2.78. The second-order valence-electron chi connectivity index (χ2n) is 4.50. The summed E-state index contributed by atoms with van der Waals surface area (Å²) < 4.78 is 31.7. The molecular formula is C11H17N3O3S. The number of ether oxygens (including phenoxy) is 1. The Labute approximate surface area is 107 Å². The third-order valence-corrected chi connectivity index (χ3v) is 4.60. The van der Waals surface area contributed by atoms with Gasteiger partial charge in [-0.1, -0.05) is 0 Å². The molecule has 1 aromatic heterocycles. The fourth-order valence-corrected chi connectivity index (χ4v) is 3.56. The fourth-order valence-electron chi connectivity index (χ4n) is 2.02. The molecule has 2 atom stereocenters. The predicted molar refractivity (Wildman–Crippen MR) is 67.4 cm³/mol. The van der Waals surface area contributed by atoms with E-state index in [1.165, 1.54) is 22.6 Å². The molecule has 1 saturated heterocycles. The first-order valence-electron chi connectivity index (χ1n) is 5.76. The van der Waals surface area contributed by atoms with Crippen molar-refractivity contribution in [3.05, 3.63) is 18.3 Å². The highest BCUT2D eigenvalue weighted by molar-refractivity contribution is 7.89. The Morgan fingerprint density at radius 1 is 1.33 bits per heavy atom. The first-order chi connectivity index (χ1) is 8.39. The highest BCUT2D eigenvalue weighted by atomic mass is 32.2. The van der Waals surface area contributed by atoms with E-state index in [2.05, 4.69) is 4.98 Å². The third kappa shape index (κ3) is 2.63. The lowest BCUT2D eigenvalue weighted by Crippen LogP contribution is -2.48. The van der Waals surface area contributed by atoms with E-state index in [1.807, 2.05) is 13.8 Å². The zero-order chi connectivity index (χ0) is 13.3. The number of rotatable bonds is 2. The van der Waals surface area contributed by atoms with Crippen molar-refractivity contribution in [1.82, 2.24) is 9.29 Å². The Morgan fingerprint density at radius 3 is 2.44 bits per heavy atom. The normalized spacial score (nSPS) is 26.1. The number of anilines is 1. The smallest absolute Gasteiger partial charge is 0.244 e. The average Bonchev–Trinajstić information content (AvgIpc) is 2.28. The lowest BCUT2D eigenvalue weighted by molar-refractivity contribution is -0.0440. The van der Waals surface area contributed by atoms with Crippen molar-refractivity contribution in [1.29, 1.82) is 0 Å². The van der Waals surface area contributed by atoms with Gasteiger partial charge in [-0.15, -0.1) is 0 Å². The molecule has 1 aliphatic rings. The van der Waals surface area contributed by atoms with Crippen LogP contribution in [0.3, 0.4) is 0 Å². The first kappa shape index (κ1) is 13.3. The van der Waals surface area contributed by atoms with Crippen molar-refractivity contribution < 1.29 is 13.2 Å². The number of pyridine rings is 1. The van der Waals surface area contributed by atoms with Crippen LogP contribution in [0.1, 0.15) is 13.8 Å². The van der Waals surface area contributed by atoms with Crippen molar-refractivity contribution in [2.75, 3.05) is 18.8 Å². The van der Waals surface area contributed by atoms with E-state index >= 15 is 0 Å². The number of hydrogen-bond donors (Lipinski definition) is 1. The summed E-state index contributed by atoms with van der Waals surface area (Å²) in [7, 11) is -3.51. The maximum absolute atomic E-state index is 12.4. The van der Waals surface area contributed by atoms with Gasteiger partial charge in [0.1, 0.15) is 10.7 Å². The molecule has 0 aromatic carbocycles. The first-order valence-corrected chi connectivity index (χ1v) is 7.20. The van der Waals surface area contributed by atoms with Gasteiger partial charge in [0, 0.05) is 19.3 Å². The molecule has 100 valence electrons. The van der Waals surface area contributed by atoms with Gasteiger partial charge >= 0.3 is 0 Å². The molecule has 1 aliphatic heterocycles. The van der Waals surface area contributed by atoms with Crippen LogP contribution in [0.4, 0.5) is 5.82 Å². The highest BCUT2D eigenvalue weighted by Gasteiger charge is 2.32. The molecule has 0 aliphatic carbocycles. The average molecular weight is 271 g/mol. The van der Waals surface area contributed by atoms with Crippen molar-refractivity contribution >= 4 is 15.8 Å². The van der Waals surface area contributed by atoms with Crippen molar-refractivity contribution in [3.63, 3.8) is 0 Å². The van der Waals surface area contributed by atoms with E-state index in [9.17, 15) is 8.42 Å². The molecule has 0 bridgehead atoms. The number of nitrogens with zero attached hydrogens (tertiary/aromatic N) is 2. The fraction of sp³-hybridized carbons (Fsp3) is 0.545. The van der Waals surface area contributed by atoms with Crippen LogP contribution < -0.4 is 5.73 Å². The Morgan fingerprint density at radius 2 is 1.94 bits per heavy atom.